The van der Waals surface area contributed by atoms with E-state index in [9.17, 15) is 13.2 Å². The molecule has 2 aromatic carbocycles. The Morgan fingerprint density at radius 3 is 2.42 bits per heavy atom. The normalized spacial score (nSPS) is 11.5. The van der Waals surface area contributed by atoms with Gasteiger partial charge in [0.1, 0.15) is 0 Å². The summed E-state index contributed by atoms with van der Waals surface area (Å²) in [5.41, 5.74) is 1.19. The lowest BCUT2D eigenvalue weighted by Gasteiger charge is -2.11. The smallest absolute Gasteiger partial charge is 0.251 e. The first-order valence-electron chi connectivity index (χ1n) is 7.43. The van der Waals surface area contributed by atoms with E-state index in [1.54, 1.807) is 38.1 Å². The van der Waals surface area contributed by atoms with E-state index in [1.807, 2.05) is 12.1 Å². The number of carbonyl (C=O) groups excluding carboxylic acids is 1. The summed E-state index contributed by atoms with van der Waals surface area (Å²) in [7, 11) is -3.63. The van der Waals surface area contributed by atoms with Crippen LogP contribution >= 0.6 is 11.6 Å². The maximum Gasteiger partial charge on any atom is 0.251 e. The second-order valence-electron chi connectivity index (χ2n) is 5.61. The molecule has 7 heteroatoms. The van der Waals surface area contributed by atoms with Crippen molar-refractivity contribution in [1.29, 1.82) is 0 Å². The minimum absolute atomic E-state index is 0.0651. The van der Waals surface area contributed by atoms with Crippen molar-refractivity contribution in [2.75, 3.05) is 0 Å². The van der Waals surface area contributed by atoms with Crippen molar-refractivity contribution in [2.24, 2.45) is 0 Å². The molecule has 1 amide bonds. The number of halogens is 1. The van der Waals surface area contributed by atoms with Crippen molar-refractivity contribution in [3.05, 3.63) is 64.7 Å². The van der Waals surface area contributed by atoms with E-state index < -0.39 is 10.0 Å². The fourth-order valence-electron chi connectivity index (χ4n) is 2.07. The van der Waals surface area contributed by atoms with E-state index in [0.717, 1.165) is 5.56 Å². The summed E-state index contributed by atoms with van der Waals surface area (Å²) in [5.74, 6) is -0.341. The molecule has 0 atom stereocenters. The second-order valence-corrected chi connectivity index (χ2v) is 7.76. The number of amides is 1. The van der Waals surface area contributed by atoms with Crippen LogP contribution in [0.1, 0.15) is 29.8 Å². The fourth-order valence-corrected chi connectivity index (χ4v) is 3.49. The molecule has 0 aromatic heterocycles. The average molecular weight is 367 g/mol. The number of nitrogens with one attached hydrogen (secondary N) is 2. The summed E-state index contributed by atoms with van der Waals surface area (Å²) in [6.07, 6.45) is 0. The van der Waals surface area contributed by atoms with Gasteiger partial charge in [0.2, 0.25) is 10.0 Å². The molecule has 0 unspecified atom stereocenters. The van der Waals surface area contributed by atoms with Gasteiger partial charge in [-0.05, 0) is 49.7 Å². The standard InChI is InChI=1S/C17H19ClN2O3S/c1-12(2)20-24(22,23)16-5-3-4-14(10-16)17(21)19-11-13-6-8-15(18)9-7-13/h3-10,12,20H,11H2,1-2H3,(H,19,21). The predicted molar refractivity (Wildman–Crippen MR) is 94.5 cm³/mol. The van der Waals surface area contributed by atoms with E-state index in [-0.39, 0.29) is 22.4 Å². The van der Waals surface area contributed by atoms with Crippen LogP contribution in [0, 0.1) is 0 Å². The van der Waals surface area contributed by atoms with Crippen LogP contribution in [0.25, 0.3) is 0 Å². The highest BCUT2D eigenvalue weighted by Crippen LogP contribution is 2.13. The van der Waals surface area contributed by atoms with Crippen LogP contribution in [0.2, 0.25) is 5.02 Å². The molecule has 2 rings (SSSR count). The highest BCUT2D eigenvalue weighted by Gasteiger charge is 2.17. The van der Waals surface area contributed by atoms with Gasteiger partial charge in [-0.3, -0.25) is 4.79 Å². The van der Waals surface area contributed by atoms with Crippen molar-refractivity contribution in [2.45, 2.75) is 31.3 Å². The topological polar surface area (TPSA) is 75.3 Å². The molecule has 0 heterocycles. The Morgan fingerprint density at radius 2 is 1.79 bits per heavy atom. The molecule has 0 spiro atoms. The zero-order valence-corrected chi connectivity index (χ0v) is 15.0. The molecule has 0 bridgehead atoms. The Labute approximate surface area is 147 Å². The lowest BCUT2D eigenvalue weighted by molar-refractivity contribution is 0.0950. The molecule has 5 nitrogen and oxygen atoms in total. The Balaban J connectivity index is 2.10. The van der Waals surface area contributed by atoms with Gasteiger partial charge in [0.15, 0.2) is 0 Å². The van der Waals surface area contributed by atoms with Crippen LogP contribution in [-0.2, 0) is 16.6 Å². The Kier molecular flexibility index (Phi) is 5.99. The molecular weight excluding hydrogens is 348 g/mol. The molecule has 0 fully saturated rings. The first-order valence-corrected chi connectivity index (χ1v) is 9.29. The monoisotopic (exact) mass is 366 g/mol. The average Bonchev–Trinajstić information content (AvgIpc) is 2.53. The third-order valence-corrected chi connectivity index (χ3v) is 5.07. The molecule has 2 aromatic rings. The number of rotatable bonds is 6. The van der Waals surface area contributed by atoms with Gasteiger partial charge in [0.25, 0.3) is 5.91 Å². The second kappa shape index (κ2) is 7.79. The number of carbonyl (C=O) groups is 1. The van der Waals surface area contributed by atoms with Crippen molar-refractivity contribution in [3.8, 4) is 0 Å². The summed E-state index contributed by atoms with van der Waals surface area (Å²) < 4.78 is 26.8. The minimum atomic E-state index is -3.63. The quantitative estimate of drug-likeness (QED) is 0.825. The molecule has 24 heavy (non-hydrogen) atoms. The van der Waals surface area contributed by atoms with E-state index in [4.69, 9.17) is 11.6 Å². The van der Waals surface area contributed by atoms with E-state index in [2.05, 4.69) is 10.0 Å². The van der Waals surface area contributed by atoms with Gasteiger partial charge in [-0.2, -0.15) is 0 Å². The molecule has 0 aliphatic carbocycles. The number of hydrogen-bond acceptors (Lipinski definition) is 3. The molecule has 0 saturated heterocycles. The van der Waals surface area contributed by atoms with Gasteiger partial charge in [-0.15, -0.1) is 0 Å². The molecule has 0 aliphatic heterocycles. The summed E-state index contributed by atoms with van der Waals surface area (Å²) in [6.45, 7) is 3.80. The largest absolute Gasteiger partial charge is 0.348 e. The molecule has 2 N–H and O–H groups in total. The van der Waals surface area contributed by atoms with Crippen LogP contribution in [0.4, 0.5) is 0 Å². The van der Waals surface area contributed by atoms with Gasteiger partial charge in [-0.1, -0.05) is 29.8 Å². The molecule has 0 radical (unpaired) electrons. The van der Waals surface area contributed by atoms with Crippen molar-refractivity contribution in [3.63, 3.8) is 0 Å². The predicted octanol–water partition coefficient (Wildman–Crippen LogP) is 2.96. The van der Waals surface area contributed by atoms with Crippen LogP contribution in [0.5, 0.6) is 0 Å². The SMILES string of the molecule is CC(C)NS(=O)(=O)c1cccc(C(=O)NCc2ccc(Cl)cc2)c1. The number of sulfonamides is 1. The third kappa shape index (κ3) is 5.06. The highest BCUT2D eigenvalue weighted by molar-refractivity contribution is 7.89. The van der Waals surface area contributed by atoms with Gasteiger partial charge in [0.05, 0.1) is 4.90 Å². The lowest BCUT2D eigenvalue weighted by atomic mass is 10.2. The molecule has 128 valence electrons. The molecule has 0 aliphatic rings. The first kappa shape index (κ1) is 18.4. The summed E-state index contributed by atoms with van der Waals surface area (Å²) in [6, 6.07) is 12.8. The van der Waals surface area contributed by atoms with Crippen LogP contribution in [-0.4, -0.2) is 20.4 Å². The van der Waals surface area contributed by atoms with Crippen molar-refractivity contribution in [1.82, 2.24) is 10.0 Å². The first-order chi connectivity index (χ1) is 11.3. The van der Waals surface area contributed by atoms with Crippen molar-refractivity contribution < 1.29 is 13.2 Å². The maximum absolute atomic E-state index is 12.2. The van der Waals surface area contributed by atoms with E-state index >= 15 is 0 Å². The number of benzene rings is 2. The van der Waals surface area contributed by atoms with Gasteiger partial charge in [0, 0.05) is 23.2 Å². The Bertz CT molecular complexity index is 818. The van der Waals surface area contributed by atoms with Crippen LogP contribution < -0.4 is 10.0 Å². The van der Waals surface area contributed by atoms with Crippen LogP contribution in [0.3, 0.4) is 0 Å². The highest BCUT2D eigenvalue weighted by atomic mass is 35.5. The fraction of sp³-hybridized carbons (Fsp3) is 0.235. The minimum Gasteiger partial charge on any atom is -0.348 e. The molecular formula is C17H19ClN2O3S. The maximum atomic E-state index is 12.2. The molecule has 0 saturated carbocycles. The lowest BCUT2D eigenvalue weighted by Crippen LogP contribution is -2.30. The van der Waals surface area contributed by atoms with Crippen LogP contribution in [0.15, 0.2) is 53.4 Å². The van der Waals surface area contributed by atoms with Gasteiger partial charge in [-0.25, -0.2) is 13.1 Å². The zero-order valence-electron chi connectivity index (χ0n) is 13.4. The summed E-state index contributed by atoms with van der Waals surface area (Å²) in [5, 5.41) is 3.38. The van der Waals surface area contributed by atoms with Gasteiger partial charge >= 0.3 is 0 Å². The summed E-state index contributed by atoms with van der Waals surface area (Å²) >= 11 is 5.82. The Morgan fingerprint density at radius 1 is 1.12 bits per heavy atom. The van der Waals surface area contributed by atoms with E-state index in [1.165, 1.54) is 12.1 Å². The van der Waals surface area contributed by atoms with E-state index in [0.29, 0.717) is 11.6 Å². The third-order valence-electron chi connectivity index (χ3n) is 3.16. The Hall–Kier alpha value is -1.89. The van der Waals surface area contributed by atoms with Crippen molar-refractivity contribution >= 4 is 27.5 Å². The zero-order chi connectivity index (χ0) is 17.7. The van der Waals surface area contributed by atoms with Gasteiger partial charge < -0.3 is 5.32 Å². The summed E-state index contributed by atoms with van der Waals surface area (Å²) in [4.78, 5) is 12.3. The number of hydrogen-bond donors (Lipinski definition) is 2.